The molecule has 1 aromatic heterocycles. The molecular formula is C21H36N2O3. The third-order valence-corrected chi connectivity index (χ3v) is 5.77. The van der Waals surface area contributed by atoms with Crippen LogP contribution in [0.25, 0.3) is 0 Å². The normalized spacial score (nSPS) is 22.5. The van der Waals surface area contributed by atoms with E-state index in [1.807, 2.05) is 0 Å². The molecule has 0 amide bonds. The maximum atomic E-state index is 5.97. The van der Waals surface area contributed by atoms with Crippen molar-refractivity contribution in [3.63, 3.8) is 0 Å². The molecule has 1 atom stereocenters. The first-order chi connectivity index (χ1) is 12.8. The number of hydrogen-bond donors (Lipinski definition) is 0. The number of hydrogen-bond acceptors (Lipinski definition) is 5. The Balaban J connectivity index is 1.51. The largest absolute Gasteiger partial charge is 0.465 e. The molecule has 0 spiro atoms. The Morgan fingerprint density at radius 3 is 2.62 bits per heavy atom. The number of methoxy groups -OCH3 is 1. The lowest BCUT2D eigenvalue weighted by Crippen LogP contribution is -2.41. The van der Waals surface area contributed by atoms with Gasteiger partial charge in [-0.15, -0.1) is 0 Å². The molecule has 26 heavy (non-hydrogen) atoms. The summed E-state index contributed by atoms with van der Waals surface area (Å²) in [5.74, 6) is 2.96. The molecule has 0 radical (unpaired) electrons. The summed E-state index contributed by atoms with van der Waals surface area (Å²) in [6.45, 7) is 10.5. The molecule has 5 heteroatoms. The quantitative estimate of drug-likeness (QED) is 0.637. The predicted molar refractivity (Wildman–Crippen MR) is 103 cm³/mol. The summed E-state index contributed by atoms with van der Waals surface area (Å²) in [7, 11) is 1.79. The van der Waals surface area contributed by atoms with Gasteiger partial charge in [0.2, 0.25) is 0 Å². The van der Waals surface area contributed by atoms with Crippen LogP contribution in [0, 0.1) is 5.92 Å². The second-order valence-electron chi connectivity index (χ2n) is 7.83. The van der Waals surface area contributed by atoms with Gasteiger partial charge in [0.15, 0.2) is 0 Å². The fraction of sp³-hybridized carbons (Fsp3) is 0.810. The molecule has 148 valence electrons. The van der Waals surface area contributed by atoms with Crippen LogP contribution in [-0.2, 0) is 22.4 Å². The van der Waals surface area contributed by atoms with Crippen molar-refractivity contribution in [1.29, 1.82) is 0 Å². The van der Waals surface area contributed by atoms with Crippen LogP contribution < -0.4 is 0 Å². The van der Waals surface area contributed by atoms with Gasteiger partial charge in [-0.3, -0.25) is 4.90 Å². The first-order valence-corrected chi connectivity index (χ1v) is 10.4. The minimum Gasteiger partial charge on any atom is -0.465 e. The van der Waals surface area contributed by atoms with E-state index in [4.69, 9.17) is 13.9 Å². The second kappa shape index (κ2) is 10.5. The molecule has 0 saturated carbocycles. The van der Waals surface area contributed by atoms with Crippen LogP contribution in [0.3, 0.4) is 0 Å². The molecule has 0 bridgehead atoms. The van der Waals surface area contributed by atoms with Gasteiger partial charge in [-0.1, -0.05) is 6.92 Å². The first kappa shape index (κ1) is 19.9. The SMILES string of the molecule is CCc1ccc(CN(CC2CCN(CCOC)CC2)CC2CCCO2)o1. The Bertz CT molecular complexity index is 505. The van der Waals surface area contributed by atoms with Gasteiger partial charge in [-0.05, 0) is 56.8 Å². The lowest BCUT2D eigenvalue weighted by molar-refractivity contribution is 0.0526. The van der Waals surface area contributed by atoms with Gasteiger partial charge in [-0.25, -0.2) is 0 Å². The summed E-state index contributed by atoms with van der Waals surface area (Å²) in [6, 6.07) is 4.27. The van der Waals surface area contributed by atoms with Crippen molar-refractivity contribution in [2.24, 2.45) is 5.92 Å². The number of aryl methyl sites for hydroxylation is 1. The van der Waals surface area contributed by atoms with Crippen LogP contribution in [0.4, 0.5) is 0 Å². The fourth-order valence-electron chi connectivity index (χ4n) is 4.18. The summed E-state index contributed by atoms with van der Waals surface area (Å²) >= 11 is 0. The number of ether oxygens (including phenoxy) is 2. The Labute approximate surface area is 158 Å². The number of furan rings is 1. The van der Waals surface area contributed by atoms with Crippen molar-refractivity contribution in [1.82, 2.24) is 9.80 Å². The number of piperidine rings is 1. The highest BCUT2D eigenvalue weighted by Gasteiger charge is 2.25. The highest BCUT2D eigenvalue weighted by molar-refractivity contribution is 5.07. The lowest BCUT2D eigenvalue weighted by Gasteiger charge is -2.35. The zero-order valence-corrected chi connectivity index (χ0v) is 16.6. The molecule has 1 unspecified atom stereocenters. The van der Waals surface area contributed by atoms with Crippen molar-refractivity contribution >= 4 is 0 Å². The van der Waals surface area contributed by atoms with Crippen LogP contribution >= 0.6 is 0 Å². The van der Waals surface area contributed by atoms with Crippen LogP contribution in [-0.4, -0.2) is 69.0 Å². The van der Waals surface area contributed by atoms with Gasteiger partial charge in [0.1, 0.15) is 11.5 Å². The van der Waals surface area contributed by atoms with Gasteiger partial charge in [0.25, 0.3) is 0 Å². The first-order valence-electron chi connectivity index (χ1n) is 10.4. The molecule has 2 aliphatic rings. The van der Waals surface area contributed by atoms with Crippen LogP contribution in [0.5, 0.6) is 0 Å². The Hall–Kier alpha value is -0.880. The smallest absolute Gasteiger partial charge is 0.118 e. The van der Waals surface area contributed by atoms with Crippen molar-refractivity contribution in [2.45, 2.75) is 51.7 Å². The third kappa shape index (κ3) is 6.08. The van der Waals surface area contributed by atoms with Crippen molar-refractivity contribution in [3.8, 4) is 0 Å². The molecule has 0 aromatic carbocycles. The summed E-state index contributed by atoms with van der Waals surface area (Å²) < 4.78 is 17.1. The fourth-order valence-corrected chi connectivity index (χ4v) is 4.18. The second-order valence-corrected chi connectivity index (χ2v) is 7.83. The maximum absolute atomic E-state index is 5.97. The van der Waals surface area contributed by atoms with Crippen LogP contribution in [0.2, 0.25) is 0 Å². The molecule has 0 aliphatic carbocycles. The molecule has 2 fully saturated rings. The van der Waals surface area contributed by atoms with E-state index in [-0.39, 0.29) is 0 Å². The molecule has 2 aliphatic heterocycles. The minimum absolute atomic E-state index is 0.400. The Kier molecular flexibility index (Phi) is 7.99. The van der Waals surface area contributed by atoms with Gasteiger partial charge in [-0.2, -0.15) is 0 Å². The van der Waals surface area contributed by atoms with E-state index in [1.54, 1.807) is 7.11 Å². The topological polar surface area (TPSA) is 38.1 Å². The van der Waals surface area contributed by atoms with Crippen LogP contribution in [0.1, 0.15) is 44.1 Å². The van der Waals surface area contributed by atoms with Crippen LogP contribution in [0.15, 0.2) is 16.5 Å². The zero-order chi connectivity index (χ0) is 18.2. The van der Waals surface area contributed by atoms with Crippen molar-refractivity contribution in [3.05, 3.63) is 23.7 Å². The van der Waals surface area contributed by atoms with Crippen molar-refractivity contribution in [2.75, 3.05) is 53.0 Å². The van der Waals surface area contributed by atoms with E-state index in [0.29, 0.717) is 6.10 Å². The molecular weight excluding hydrogens is 328 g/mol. The number of likely N-dealkylation sites (tertiary alicyclic amines) is 1. The van der Waals surface area contributed by atoms with Gasteiger partial charge in [0, 0.05) is 39.8 Å². The van der Waals surface area contributed by atoms with Gasteiger partial charge in [0.05, 0.1) is 19.3 Å². The van der Waals surface area contributed by atoms with E-state index in [0.717, 1.165) is 63.3 Å². The number of rotatable bonds is 10. The highest BCUT2D eigenvalue weighted by atomic mass is 16.5. The summed E-state index contributed by atoms with van der Waals surface area (Å²) in [6.07, 6.45) is 6.33. The molecule has 2 saturated heterocycles. The molecule has 1 aromatic rings. The lowest BCUT2D eigenvalue weighted by atomic mass is 9.96. The number of nitrogens with zero attached hydrogens (tertiary/aromatic N) is 2. The third-order valence-electron chi connectivity index (χ3n) is 5.77. The summed E-state index contributed by atoms with van der Waals surface area (Å²) in [4.78, 5) is 5.11. The standard InChI is InChI=1S/C21H36N2O3/c1-3-19-6-7-21(26-19)17-23(16-20-5-4-13-25-20)15-18-8-10-22(11-9-18)12-14-24-2/h6-7,18,20H,3-5,8-17H2,1-2H3. The average molecular weight is 365 g/mol. The van der Waals surface area contributed by atoms with E-state index in [2.05, 4.69) is 28.9 Å². The molecule has 5 nitrogen and oxygen atoms in total. The monoisotopic (exact) mass is 364 g/mol. The Morgan fingerprint density at radius 1 is 1.15 bits per heavy atom. The predicted octanol–water partition coefficient (Wildman–Crippen LogP) is 3.18. The molecule has 0 N–H and O–H groups in total. The zero-order valence-electron chi connectivity index (χ0n) is 16.6. The maximum Gasteiger partial charge on any atom is 0.118 e. The Morgan fingerprint density at radius 2 is 1.96 bits per heavy atom. The van der Waals surface area contributed by atoms with E-state index >= 15 is 0 Å². The van der Waals surface area contributed by atoms with E-state index < -0.39 is 0 Å². The van der Waals surface area contributed by atoms with E-state index in [1.165, 1.54) is 38.8 Å². The summed E-state index contributed by atoms with van der Waals surface area (Å²) in [5.41, 5.74) is 0. The molecule has 3 rings (SSSR count). The van der Waals surface area contributed by atoms with Gasteiger partial charge >= 0.3 is 0 Å². The summed E-state index contributed by atoms with van der Waals surface area (Å²) in [5, 5.41) is 0. The van der Waals surface area contributed by atoms with Crippen molar-refractivity contribution < 1.29 is 13.9 Å². The minimum atomic E-state index is 0.400. The molecule has 3 heterocycles. The van der Waals surface area contributed by atoms with E-state index in [9.17, 15) is 0 Å². The van der Waals surface area contributed by atoms with Gasteiger partial charge < -0.3 is 18.8 Å². The highest BCUT2D eigenvalue weighted by Crippen LogP contribution is 2.22. The average Bonchev–Trinajstić information content (AvgIpc) is 3.33.